The molecule has 2 heteroatoms. The van der Waals surface area contributed by atoms with Crippen LogP contribution in [0.4, 0.5) is 0 Å². The summed E-state index contributed by atoms with van der Waals surface area (Å²) in [7, 11) is 0. The lowest BCUT2D eigenvalue weighted by Gasteiger charge is -2.19. The van der Waals surface area contributed by atoms with Crippen LogP contribution in [0.3, 0.4) is 0 Å². The third-order valence-electron chi connectivity index (χ3n) is 3.89. The topological polar surface area (TPSA) is 18.5 Å². The third-order valence-corrected chi connectivity index (χ3v) is 3.89. The molecule has 1 fully saturated rings. The van der Waals surface area contributed by atoms with Crippen LogP contribution < -0.4 is 0 Å². The van der Waals surface area contributed by atoms with Gasteiger partial charge in [-0.25, -0.2) is 0 Å². The fourth-order valence-corrected chi connectivity index (χ4v) is 2.74. The third kappa shape index (κ3) is 6.42. The molecule has 0 bridgehead atoms. The van der Waals surface area contributed by atoms with Gasteiger partial charge in [-0.1, -0.05) is 52.4 Å². The number of hydrogen-bond donors (Lipinski definition) is 0. The van der Waals surface area contributed by atoms with Gasteiger partial charge >= 0.3 is 0 Å². The van der Waals surface area contributed by atoms with Gasteiger partial charge in [-0.05, 0) is 24.7 Å². The van der Waals surface area contributed by atoms with Gasteiger partial charge in [0.25, 0.3) is 0 Å². The largest absolute Gasteiger partial charge is 0.355 e. The summed E-state index contributed by atoms with van der Waals surface area (Å²) >= 11 is 0. The molecule has 1 aliphatic carbocycles. The molecular formula is C15H30O2. The minimum atomic E-state index is 0.497. The first-order valence-electron chi connectivity index (χ1n) is 7.54. The van der Waals surface area contributed by atoms with Crippen LogP contribution in [-0.4, -0.2) is 20.0 Å². The van der Waals surface area contributed by atoms with E-state index in [1.54, 1.807) is 0 Å². The first-order chi connectivity index (χ1) is 8.38. The summed E-state index contributed by atoms with van der Waals surface area (Å²) in [6, 6.07) is 0. The van der Waals surface area contributed by atoms with Crippen LogP contribution in [0, 0.1) is 11.8 Å². The van der Waals surface area contributed by atoms with E-state index in [4.69, 9.17) is 9.47 Å². The van der Waals surface area contributed by atoms with Crippen molar-refractivity contribution in [1.82, 2.24) is 0 Å². The molecule has 0 aromatic heterocycles. The highest BCUT2D eigenvalue weighted by atomic mass is 16.7. The van der Waals surface area contributed by atoms with Gasteiger partial charge in [0.15, 0.2) is 0 Å². The van der Waals surface area contributed by atoms with Gasteiger partial charge in [0.05, 0.1) is 6.61 Å². The Bertz CT molecular complexity index is 170. The van der Waals surface area contributed by atoms with Crippen molar-refractivity contribution in [2.24, 2.45) is 11.8 Å². The Hall–Kier alpha value is -0.0800. The van der Waals surface area contributed by atoms with E-state index in [9.17, 15) is 0 Å². The lowest BCUT2D eigenvalue weighted by atomic mass is 9.92. The summed E-state index contributed by atoms with van der Waals surface area (Å²) in [5, 5.41) is 0. The lowest BCUT2D eigenvalue weighted by molar-refractivity contribution is -0.0685. The number of ether oxygens (including phenoxy) is 2. The molecule has 1 aliphatic rings. The van der Waals surface area contributed by atoms with E-state index in [2.05, 4.69) is 13.8 Å². The second-order valence-corrected chi connectivity index (χ2v) is 5.34. The average Bonchev–Trinajstić information content (AvgIpc) is 2.78. The summed E-state index contributed by atoms with van der Waals surface area (Å²) in [6.45, 7) is 6.72. The molecule has 1 rings (SSSR count). The first-order valence-corrected chi connectivity index (χ1v) is 7.54. The summed E-state index contributed by atoms with van der Waals surface area (Å²) < 4.78 is 11.1. The predicted octanol–water partition coefficient (Wildman–Crippen LogP) is 4.38. The van der Waals surface area contributed by atoms with Crippen LogP contribution in [0.2, 0.25) is 0 Å². The van der Waals surface area contributed by atoms with Gasteiger partial charge in [0.2, 0.25) is 0 Å². The minimum absolute atomic E-state index is 0.497. The maximum atomic E-state index is 5.65. The van der Waals surface area contributed by atoms with Crippen molar-refractivity contribution in [2.75, 3.05) is 20.0 Å². The van der Waals surface area contributed by atoms with Gasteiger partial charge in [0, 0.05) is 6.61 Å². The normalized spacial score (nSPS) is 24.4. The Morgan fingerprint density at radius 1 is 0.941 bits per heavy atom. The van der Waals surface area contributed by atoms with E-state index in [-0.39, 0.29) is 0 Å². The molecule has 102 valence electrons. The molecule has 0 saturated heterocycles. The fourth-order valence-electron chi connectivity index (χ4n) is 2.74. The smallest absolute Gasteiger partial charge is 0.146 e. The van der Waals surface area contributed by atoms with E-state index < -0.39 is 0 Å². The van der Waals surface area contributed by atoms with Crippen molar-refractivity contribution in [2.45, 2.75) is 65.2 Å². The Kier molecular flexibility index (Phi) is 8.72. The van der Waals surface area contributed by atoms with Gasteiger partial charge in [-0.3, -0.25) is 0 Å². The van der Waals surface area contributed by atoms with Crippen LogP contribution in [0.1, 0.15) is 65.2 Å². The van der Waals surface area contributed by atoms with Crippen molar-refractivity contribution in [3.05, 3.63) is 0 Å². The van der Waals surface area contributed by atoms with E-state index in [1.165, 1.54) is 44.9 Å². The van der Waals surface area contributed by atoms with Gasteiger partial charge in [0.1, 0.15) is 6.79 Å². The molecule has 0 heterocycles. The molecule has 2 atom stereocenters. The highest BCUT2D eigenvalue weighted by Gasteiger charge is 2.26. The number of unbranched alkanes of at least 4 members (excludes halogenated alkanes) is 2. The molecule has 2 unspecified atom stereocenters. The van der Waals surface area contributed by atoms with Crippen LogP contribution in [0.15, 0.2) is 0 Å². The molecule has 0 spiro atoms. The Morgan fingerprint density at radius 3 is 2.47 bits per heavy atom. The maximum absolute atomic E-state index is 5.65. The SMILES string of the molecule is CCCCOCOCC1CCCC1CCCC. The zero-order chi connectivity index (χ0) is 12.3. The van der Waals surface area contributed by atoms with Crippen LogP contribution >= 0.6 is 0 Å². The maximum Gasteiger partial charge on any atom is 0.146 e. The molecule has 0 aliphatic heterocycles. The molecule has 17 heavy (non-hydrogen) atoms. The van der Waals surface area contributed by atoms with Crippen molar-refractivity contribution in [3.63, 3.8) is 0 Å². The highest BCUT2D eigenvalue weighted by Crippen LogP contribution is 2.35. The van der Waals surface area contributed by atoms with Crippen molar-refractivity contribution in [3.8, 4) is 0 Å². The van der Waals surface area contributed by atoms with Gasteiger partial charge < -0.3 is 9.47 Å². The fraction of sp³-hybridized carbons (Fsp3) is 1.00. The van der Waals surface area contributed by atoms with E-state index in [0.29, 0.717) is 6.79 Å². The first kappa shape index (κ1) is 15.0. The molecule has 0 aromatic rings. The molecular weight excluding hydrogens is 212 g/mol. The van der Waals surface area contributed by atoms with E-state index >= 15 is 0 Å². The van der Waals surface area contributed by atoms with Gasteiger partial charge in [-0.15, -0.1) is 0 Å². The highest BCUT2D eigenvalue weighted by molar-refractivity contribution is 4.77. The molecule has 1 saturated carbocycles. The zero-order valence-electron chi connectivity index (χ0n) is 11.7. The Labute approximate surface area is 107 Å². The Morgan fingerprint density at radius 2 is 1.71 bits per heavy atom. The molecule has 0 radical (unpaired) electrons. The summed E-state index contributed by atoms with van der Waals surface area (Å²) in [5.41, 5.74) is 0. The second kappa shape index (κ2) is 9.90. The zero-order valence-corrected chi connectivity index (χ0v) is 11.7. The van der Waals surface area contributed by atoms with Crippen molar-refractivity contribution < 1.29 is 9.47 Å². The second-order valence-electron chi connectivity index (χ2n) is 5.34. The van der Waals surface area contributed by atoms with Crippen LogP contribution in [0.5, 0.6) is 0 Å². The van der Waals surface area contributed by atoms with Crippen LogP contribution in [0.25, 0.3) is 0 Å². The Balaban J connectivity index is 2.00. The number of hydrogen-bond acceptors (Lipinski definition) is 2. The van der Waals surface area contributed by atoms with Gasteiger partial charge in [-0.2, -0.15) is 0 Å². The quantitative estimate of drug-likeness (QED) is 0.418. The summed E-state index contributed by atoms with van der Waals surface area (Å²) in [6.07, 6.45) is 10.6. The molecule has 0 N–H and O–H groups in total. The van der Waals surface area contributed by atoms with Crippen molar-refractivity contribution in [1.29, 1.82) is 0 Å². The van der Waals surface area contributed by atoms with Crippen molar-refractivity contribution >= 4 is 0 Å². The lowest BCUT2D eigenvalue weighted by Crippen LogP contribution is -2.16. The standard InChI is InChI=1S/C15H30O2/c1-3-5-8-14-9-7-10-15(14)12-17-13-16-11-6-4-2/h14-15H,3-13H2,1-2H3. The monoisotopic (exact) mass is 242 g/mol. The molecule has 0 amide bonds. The van der Waals surface area contributed by atoms with E-state index in [0.717, 1.165) is 31.5 Å². The average molecular weight is 242 g/mol. The molecule has 2 nitrogen and oxygen atoms in total. The molecule has 0 aromatic carbocycles. The minimum Gasteiger partial charge on any atom is -0.355 e. The van der Waals surface area contributed by atoms with Crippen LogP contribution in [-0.2, 0) is 9.47 Å². The predicted molar refractivity (Wildman–Crippen MR) is 72.0 cm³/mol. The number of rotatable bonds is 10. The summed E-state index contributed by atoms with van der Waals surface area (Å²) in [4.78, 5) is 0. The van der Waals surface area contributed by atoms with E-state index in [1.807, 2.05) is 0 Å². The summed E-state index contributed by atoms with van der Waals surface area (Å²) in [5.74, 6) is 1.72.